The van der Waals surface area contributed by atoms with Crippen LogP contribution in [0.15, 0.2) is 36.4 Å². The van der Waals surface area contributed by atoms with E-state index >= 15 is 0 Å². The summed E-state index contributed by atoms with van der Waals surface area (Å²) in [5, 5.41) is 2.20. The smallest absolute Gasteiger partial charge is 0.253 e. The number of carbonyl (C=O) groups is 1. The monoisotopic (exact) mass is 424 g/mol. The van der Waals surface area contributed by atoms with Gasteiger partial charge < -0.3 is 19.3 Å². The van der Waals surface area contributed by atoms with Gasteiger partial charge >= 0.3 is 0 Å². The number of benzene rings is 2. The summed E-state index contributed by atoms with van der Waals surface area (Å²) >= 11 is 0. The van der Waals surface area contributed by atoms with Crippen LogP contribution in [0, 0.1) is 5.92 Å². The maximum atomic E-state index is 12.9. The maximum absolute atomic E-state index is 12.9. The van der Waals surface area contributed by atoms with Crippen LogP contribution in [0.3, 0.4) is 0 Å². The molecule has 0 saturated carbocycles. The molecule has 31 heavy (non-hydrogen) atoms. The standard InChI is InChI=1S/C26H36N2O3/c1-19(2)18-27-12-8-24(9-13-27)31-25-7-6-20-16-22(5-4-21(20)17-25)26(29)28-14-10-23(30-3)11-15-28/h4-7,16-17,19,23-24H,8-15,18H2,1-3H3. The fourth-order valence-corrected chi connectivity index (χ4v) is 4.83. The molecule has 2 aromatic carbocycles. The lowest BCUT2D eigenvalue weighted by Crippen LogP contribution is -2.40. The summed E-state index contributed by atoms with van der Waals surface area (Å²) in [6.07, 6.45) is 4.55. The first-order valence-electron chi connectivity index (χ1n) is 11.8. The molecule has 2 aromatic rings. The van der Waals surface area contributed by atoms with Crippen LogP contribution in [-0.2, 0) is 4.74 Å². The van der Waals surface area contributed by atoms with Gasteiger partial charge in [0.1, 0.15) is 11.9 Å². The average Bonchev–Trinajstić information content (AvgIpc) is 2.79. The zero-order valence-electron chi connectivity index (χ0n) is 19.2. The Morgan fingerprint density at radius 2 is 1.58 bits per heavy atom. The van der Waals surface area contributed by atoms with Gasteiger partial charge in [0.05, 0.1) is 6.10 Å². The molecule has 0 atom stereocenters. The Morgan fingerprint density at radius 3 is 2.26 bits per heavy atom. The molecule has 0 radical (unpaired) electrons. The van der Waals surface area contributed by atoms with Crippen molar-refractivity contribution in [2.45, 2.75) is 51.7 Å². The van der Waals surface area contributed by atoms with Crippen molar-refractivity contribution in [3.8, 4) is 5.75 Å². The van der Waals surface area contributed by atoms with Gasteiger partial charge in [0.15, 0.2) is 0 Å². The predicted octanol–water partition coefficient (Wildman–Crippen LogP) is 4.59. The largest absolute Gasteiger partial charge is 0.490 e. The quantitative estimate of drug-likeness (QED) is 0.680. The highest BCUT2D eigenvalue weighted by atomic mass is 16.5. The number of rotatable bonds is 6. The number of hydrogen-bond acceptors (Lipinski definition) is 4. The molecule has 2 heterocycles. The van der Waals surface area contributed by atoms with Crippen LogP contribution >= 0.6 is 0 Å². The third-order valence-electron chi connectivity index (χ3n) is 6.58. The van der Waals surface area contributed by atoms with Crippen LogP contribution in [0.4, 0.5) is 0 Å². The van der Waals surface area contributed by atoms with Crippen molar-refractivity contribution in [1.82, 2.24) is 9.80 Å². The van der Waals surface area contributed by atoms with Crippen LogP contribution in [0.25, 0.3) is 10.8 Å². The summed E-state index contributed by atoms with van der Waals surface area (Å²) in [6.45, 7) is 9.48. The highest BCUT2D eigenvalue weighted by Crippen LogP contribution is 2.26. The fraction of sp³-hybridized carbons (Fsp3) is 0.577. The molecule has 0 aliphatic carbocycles. The molecule has 0 spiro atoms. The SMILES string of the molecule is COC1CCN(C(=O)c2ccc3cc(OC4CCN(CC(C)C)CC4)ccc3c2)CC1. The second kappa shape index (κ2) is 10.0. The number of piperidine rings is 2. The van der Waals surface area contributed by atoms with Gasteiger partial charge in [0.25, 0.3) is 5.91 Å². The Kier molecular flexibility index (Phi) is 7.13. The van der Waals surface area contributed by atoms with Gasteiger partial charge in [-0.25, -0.2) is 0 Å². The minimum absolute atomic E-state index is 0.116. The summed E-state index contributed by atoms with van der Waals surface area (Å²) in [5.74, 6) is 1.76. The third-order valence-corrected chi connectivity index (χ3v) is 6.58. The van der Waals surface area contributed by atoms with Gasteiger partial charge in [-0.3, -0.25) is 4.79 Å². The second-order valence-corrected chi connectivity index (χ2v) is 9.46. The number of carbonyl (C=O) groups excluding carboxylic acids is 1. The fourth-order valence-electron chi connectivity index (χ4n) is 4.83. The van der Waals surface area contributed by atoms with Crippen LogP contribution < -0.4 is 4.74 Å². The Balaban J connectivity index is 1.37. The van der Waals surface area contributed by atoms with E-state index in [0.29, 0.717) is 5.92 Å². The molecule has 0 aromatic heterocycles. The third kappa shape index (κ3) is 5.58. The molecule has 0 N–H and O–H groups in total. The summed E-state index contributed by atoms with van der Waals surface area (Å²) < 4.78 is 11.7. The van der Waals surface area contributed by atoms with E-state index in [1.807, 2.05) is 29.2 Å². The number of nitrogens with zero attached hydrogens (tertiary/aromatic N) is 2. The van der Waals surface area contributed by atoms with Gasteiger partial charge in [-0.1, -0.05) is 26.0 Å². The zero-order chi connectivity index (χ0) is 21.8. The molecule has 4 rings (SSSR count). The van der Waals surface area contributed by atoms with Gasteiger partial charge in [-0.2, -0.15) is 0 Å². The van der Waals surface area contributed by atoms with E-state index in [2.05, 4.69) is 30.9 Å². The van der Waals surface area contributed by atoms with E-state index in [-0.39, 0.29) is 18.1 Å². The van der Waals surface area contributed by atoms with E-state index in [4.69, 9.17) is 9.47 Å². The number of fused-ring (bicyclic) bond motifs is 1. The minimum atomic E-state index is 0.116. The maximum Gasteiger partial charge on any atom is 0.253 e. The topological polar surface area (TPSA) is 42.0 Å². The molecule has 168 valence electrons. The van der Waals surface area contributed by atoms with Crippen molar-refractivity contribution in [3.63, 3.8) is 0 Å². The second-order valence-electron chi connectivity index (χ2n) is 9.46. The minimum Gasteiger partial charge on any atom is -0.490 e. The highest BCUT2D eigenvalue weighted by molar-refractivity contribution is 5.98. The molecule has 5 nitrogen and oxygen atoms in total. The molecule has 0 bridgehead atoms. The molecule has 2 fully saturated rings. The Labute approximate surface area is 186 Å². The van der Waals surface area contributed by atoms with Crippen molar-refractivity contribution in [1.29, 1.82) is 0 Å². The average molecular weight is 425 g/mol. The lowest BCUT2D eigenvalue weighted by Gasteiger charge is -2.33. The molecule has 1 amide bonds. The molecular weight excluding hydrogens is 388 g/mol. The molecule has 2 aliphatic heterocycles. The number of likely N-dealkylation sites (tertiary alicyclic amines) is 2. The first-order valence-corrected chi connectivity index (χ1v) is 11.8. The van der Waals surface area contributed by atoms with E-state index in [1.165, 1.54) is 6.54 Å². The van der Waals surface area contributed by atoms with E-state index < -0.39 is 0 Å². The summed E-state index contributed by atoms with van der Waals surface area (Å²) in [5.41, 5.74) is 0.759. The van der Waals surface area contributed by atoms with Gasteiger partial charge in [-0.05, 0) is 66.6 Å². The van der Waals surface area contributed by atoms with E-state index in [0.717, 1.165) is 73.9 Å². The lowest BCUT2D eigenvalue weighted by atomic mass is 10.0. The van der Waals surface area contributed by atoms with Crippen LogP contribution in [-0.4, -0.2) is 67.7 Å². The number of methoxy groups -OCH3 is 1. The molecule has 2 saturated heterocycles. The summed E-state index contributed by atoms with van der Waals surface area (Å²) in [6, 6.07) is 12.2. The first-order chi connectivity index (χ1) is 15.0. The van der Waals surface area contributed by atoms with Gasteiger partial charge in [0, 0.05) is 45.4 Å². The molecule has 0 unspecified atom stereocenters. The van der Waals surface area contributed by atoms with Crippen molar-refractivity contribution in [2.75, 3.05) is 39.8 Å². The molecule has 5 heteroatoms. The van der Waals surface area contributed by atoms with Crippen molar-refractivity contribution in [3.05, 3.63) is 42.0 Å². The van der Waals surface area contributed by atoms with Crippen molar-refractivity contribution >= 4 is 16.7 Å². The van der Waals surface area contributed by atoms with Gasteiger partial charge in [0.2, 0.25) is 0 Å². The van der Waals surface area contributed by atoms with Crippen LogP contribution in [0.5, 0.6) is 5.75 Å². The Hall–Kier alpha value is -2.11. The van der Waals surface area contributed by atoms with Crippen molar-refractivity contribution < 1.29 is 14.3 Å². The highest BCUT2D eigenvalue weighted by Gasteiger charge is 2.24. The van der Waals surface area contributed by atoms with E-state index in [9.17, 15) is 4.79 Å². The summed E-state index contributed by atoms with van der Waals surface area (Å²) in [7, 11) is 1.75. The normalized spacial score (nSPS) is 19.3. The zero-order valence-corrected chi connectivity index (χ0v) is 19.2. The van der Waals surface area contributed by atoms with Crippen LogP contribution in [0.1, 0.15) is 49.9 Å². The van der Waals surface area contributed by atoms with Gasteiger partial charge in [-0.15, -0.1) is 0 Å². The van der Waals surface area contributed by atoms with Crippen LogP contribution in [0.2, 0.25) is 0 Å². The molecule has 2 aliphatic rings. The Bertz CT molecular complexity index is 881. The van der Waals surface area contributed by atoms with Crippen molar-refractivity contribution in [2.24, 2.45) is 5.92 Å². The predicted molar refractivity (Wildman–Crippen MR) is 125 cm³/mol. The van der Waals surface area contributed by atoms with E-state index in [1.54, 1.807) is 7.11 Å². The number of hydrogen-bond donors (Lipinski definition) is 0. The Morgan fingerprint density at radius 1 is 0.935 bits per heavy atom. The number of amides is 1. The first kappa shape index (κ1) is 22.1. The lowest BCUT2D eigenvalue weighted by molar-refractivity contribution is 0.0351. The molecular formula is C26H36N2O3. The summed E-state index contributed by atoms with van der Waals surface area (Å²) in [4.78, 5) is 17.4. The number of ether oxygens (including phenoxy) is 2.